The lowest BCUT2D eigenvalue weighted by molar-refractivity contribution is 0.0599. The van der Waals surface area contributed by atoms with Gasteiger partial charge in [-0.15, -0.1) is 0 Å². The van der Waals surface area contributed by atoms with Crippen LogP contribution in [-0.2, 0) is 4.74 Å². The van der Waals surface area contributed by atoms with Crippen molar-refractivity contribution in [3.63, 3.8) is 0 Å². The summed E-state index contributed by atoms with van der Waals surface area (Å²) >= 11 is 0. The van der Waals surface area contributed by atoms with Crippen molar-refractivity contribution in [2.24, 2.45) is 0 Å². The Morgan fingerprint density at radius 3 is 2.89 bits per heavy atom. The average Bonchev–Trinajstić information content (AvgIpc) is 2.45. The van der Waals surface area contributed by atoms with Crippen LogP contribution in [0.15, 0.2) is 36.8 Å². The van der Waals surface area contributed by atoms with Gasteiger partial charge in [-0.25, -0.2) is 14.8 Å². The third-order valence-electron chi connectivity index (χ3n) is 2.62. The lowest BCUT2D eigenvalue weighted by Gasteiger charge is -2.01. The second kappa shape index (κ2) is 5.91. The van der Waals surface area contributed by atoms with E-state index in [1.807, 2.05) is 31.2 Å². The van der Waals surface area contributed by atoms with Crippen LogP contribution in [0.3, 0.4) is 0 Å². The number of rotatable bonds is 3. The van der Waals surface area contributed by atoms with Crippen LogP contribution in [0.25, 0.3) is 12.2 Å². The molecule has 2 aromatic rings. The van der Waals surface area contributed by atoms with Gasteiger partial charge in [0.15, 0.2) is 0 Å². The molecule has 0 saturated heterocycles. The van der Waals surface area contributed by atoms with Gasteiger partial charge in [0.25, 0.3) is 0 Å². The van der Waals surface area contributed by atoms with Crippen molar-refractivity contribution in [2.45, 2.75) is 6.92 Å². The highest BCUT2D eigenvalue weighted by Crippen LogP contribution is 2.12. The minimum Gasteiger partial charge on any atom is -0.465 e. The third kappa shape index (κ3) is 3.25. The first-order valence-corrected chi connectivity index (χ1v) is 5.84. The normalized spacial score (nSPS) is 10.6. The highest BCUT2D eigenvalue weighted by Gasteiger charge is 2.10. The van der Waals surface area contributed by atoms with E-state index in [-0.39, 0.29) is 0 Å². The highest BCUT2D eigenvalue weighted by molar-refractivity contribution is 5.93. The maximum absolute atomic E-state index is 11.6. The van der Waals surface area contributed by atoms with Crippen molar-refractivity contribution in [2.75, 3.05) is 7.11 Å². The van der Waals surface area contributed by atoms with Crippen molar-refractivity contribution in [1.82, 2.24) is 9.97 Å². The van der Waals surface area contributed by atoms with Crippen LogP contribution in [0.1, 0.15) is 27.2 Å². The van der Waals surface area contributed by atoms with Crippen LogP contribution < -0.4 is 0 Å². The second-order valence-corrected chi connectivity index (χ2v) is 4.06. The summed E-state index contributed by atoms with van der Waals surface area (Å²) in [6.45, 7) is 2.03. The molecule has 0 unspecified atom stereocenters. The third-order valence-corrected chi connectivity index (χ3v) is 2.62. The number of hydrogen-bond acceptors (Lipinski definition) is 4. The van der Waals surface area contributed by atoms with E-state index >= 15 is 0 Å². The Balaban J connectivity index is 2.31. The smallest absolute Gasteiger partial charge is 0.341 e. The van der Waals surface area contributed by atoms with Crippen LogP contribution in [0.2, 0.25) is 0 Å². The fraction of sp³-hybridized carbons (Fsp3) is 0.133. The molecule has 19 heavy (non-hydrogen) atoms. The number of ether oxygens (including phenoxy) is 1. The van der Waals surface area contributed by atoms with Crippen molar-refractivity contribution >= 4 is 18.1 Å². The number of carbonyl (C=O) groups is 1. The number of hydrogen-bond donors (Lipinski definition) is 0. The lowest BCUT2D eigenvalue weighted by atomic mass is 10.1. The van der Waals surface area contributed by atoms with Crippen molar-refractivity contribution in [1.29, 1.82) is 0 Å². The van der Waals surface area contributed by atoms with E-state index < -0.39 is 5.97 Å². The molecule has 0 aliphatic carbocycles. The molecule has 4 nitrogen and oxygen atoms in total. The minimum atomic E-state index is -0.440. The first-order valence-electron chi connectivity index (χ1n) is 5.84. The SMILES string of the molecule is COC(=O)c1cncnc1C=Cc1cccc(C)c1. The van der Waals surface area contributed by atoms with Gasteiger partial charge in [-0.05, 0) is 18.6 Å². The van der Waals surface area contributed by atoms with E-state index in [9.17, 15) is 4.79 Å². The summed E-state index contributed by atoms with van der Waals surface area (Å²) in [5.41, 5.74) is 3.13. The molecule has 0 amide bonds. The van der Waals surface area contributed by atoms with Crippen LogP contribution in [-0.4, -0.2) is 23.0 Å². The van der Waals surface area contributed by atoms with Gasteiger partial charge in [-0.3, -0.25) is 0 Å². The van der Waals surface area contributed by atoms with Crippen LogP contribution >= 0.6 is 0 Å². The zero-order valence-electron chi connectivity index (χ0n) is 10.8. The molecule has 0 aliphatic rings. The molecule has 96 valence electrons. The monoisotopic (exact) mass is 254 g/mol. The number of esters is 1. The Bertz CT molecular complexity index is 621. The molecule has 0 bridgehead atoms. The van der Waals surface area contributed by atoms with Gasteiger partial charge >= 0.3 is 5.97 Å². The molecule has 2 rings (SSSR count). The summed E-state index contributed by atoms with van der Waals surface area (Å²) in [7, 11) is 1.34. The zero-order chi connectivity index (χ0) is 13.7. The van der Waals surface area contributed by atoms with E-state index in [0.29, 0.717) is 11.3 Å². The Morgan fingerprint density at radius 1 is 1.32 bits per heavy atom. The summed E-state index contributed by atoms with van der Waals surface area (Å²) in [6.07, 6.45) is 6.54. The molecular weight excluding hydrogens is 240 g/mol. The maximum atomic E-state index is 11.6. The Morgan fingerprint density at radius 2 is 2.16 bits per heavy atom. The van der Waals surface area contributed by atoms with Gasteiger partial charge in [0.1, 0.15) is 11.9 Å². The molecule has 0 fully saturated rings. The molecule has 0 radical (unpaired) electrons. The molecule has 0 saturated carbocycles. The molecule has 0 N–H and O–H groups in total. The van der Waals surface area contributed by atoms with Crippen LogP contribution in [0.5, 0.6) is 0 Å². The summed E-state index contributed by atoms with van der Waals surface area (Å²) in [5, 5.41) is 0. The lowest BCUT2D eigenvalue weighted by Crippen LogP contribution is -2.05. The van der Waals surface area contributed by atoms with Gasteiger partial charge < -0.3 is 4.74 Å². The summed E-state index contributed by atoms with van der Waals surface area (Å²) < 4.78 is 4.70. The molecular formula is C15H14N2O2. The number of carbonyl (C=O) groups excluding carboxylic acids is 1. The summed E-state index contributed by atoms with van der Waals surface area (Å²) in [4.78, 5) is 19.5. The molecule has 0 atom stereocenters. The fourth-order valence-corrected chi connectivity index (χ4v) is 1.69. The van der Waals surface area contributed by atoms with E-state index in [2.05, 4.69) is 16.0 Å². The standard InChI is InChI=1S/C15H14N2O2/c1-11-4-3-5-12(8-11)6-7-14-13(15(18)19-2)9-16-10-17-14/h3-10H,1-2H3. The van der Waals surface area contributed by atoms with Gasteiger partial charge in [-0.1, -0.05) is 35.9 Å². The Kier molecular flexibility index (Phi) is 4.03. The van der Waals surface area contributed by atoms with Gasteiger partial charge in [0.05, 0.1) is 12.8 Å². The molecule has 4 heteroatoms. The van der Waals surface area contributed by atoms with Crippen LogP contribution in [0, 0.1) is 6.92 Å². The molecule has 1 heterocycles. The fourth-order valence-electron chi connectivity index (χ4n) is 1.69. The van der Waals surface area contributed by atoms with E-state index in [0.717, 1.165) is 5.56 Å². The largest absolute Gasteiger partial charge is 0.465 e. The number of nitrogens with zero attached hydrogens (tertiary/aromatic N) is 2. The first-order chi connectivity index (χ1) is 9.20. The van der Waals surface area contributed by atoms with Gasteiger partial charge in [-0.2, -0.15) is 0 Å². The number of aromatic nitrogens is 2. The number of benzene rings is 1. The average molecular weight is 254 g/mol. The first kappa shape index (κ1) is 13.0. The quantitative estimate of drug-likeness (QED) is 0.790. The van der Waals surface area contributed by atoms with Gasteiger partial charge in [0, 0.05) is 6.20 Å². The van der Waals surface area contributed by atoms with E-state index in [1.54, 1.807) is 6.08 Å². The van der Waals surface area contributed by atoms with Crippen molar-refractivity contribution in [3.05, 3.63) is 59.2 Å². The second-order valence-electron chi connectivity index (χ2n) is 4.06. The predicted octanol–water partition coefficient (Wildman–Crippen LogP) is 2.74. The minimum absolute atomic E-state index is 0.355. The van der Waals surface area contributed by atoms with E-state index in [4.69, 9.17) is 4.74 Å². The topological polar surface area (TPSA) is 52.1 Å². The highest BCUT2D eigenvalue weighted by atomic mass is 16.5. The summed E-state index contributed by atoms with van der Waals surface area (Å²) in [6, 6.07) is 8.05. The maximum Gasteiger partial charge on any atom is 0.341 e. The van der Waals surface area contributed by atoms with Crippen LogP contribution in [0.4, 0.5) is 0 Å². The number of methoxy groups -OCH3 is 1. The Hall–Kier alpha value is -2.49. The van der Waals surface area contributed by atoms with Gasteiger partial charge in [0.2, 0.25) is 0 Å². The predicted molar refractivity (Wildman–Crippen MR) is 73.5 cm³/mol. The Labute approximate surface area is 111 Å². The van der Waals surface area contributed by atoms with E-state index in [1.165, 1.54) is 25.2 Å². The van der Waals surface area contributed by atoms with Crippen molar-refractivity contribution < 1.29 is 9.53 Å². The molecule has 1 aromatic carbocycles. The molecule has 0 spiro atoms. The zero-order valence-corrected chi connectivity index (χ0v) is 10.8. The number of aryl methyl sites for hydroxylation is 1. The molecule has 0 aliphatic heterocycles. The summed E-state index contributed by atoms with van der Waals surface area (Å²) in [5.74, 6) is -0.440. The molecule has 1 aromatic heterocycles. The van der Waals surface area contributed by atoms with Crippen molar-refractivity contribution in [3.8, 4) is 0 Å².